The quantitative estimate of drug-likeness (QED) is 0.344. The first kappa shape index (κ1) is 28.7. The van der Waals surface area contributed by atoms with Crippen molar-refractivity contribution in [2.45, 2.75) is 104 Å². The number of likely N-dealkylation sites (tertiary alicyclic amines) is 1. The maximum atomic E-state index is 13.9. The molecule has 6 nitrogen and oxygen atoms in total. The summed E-state index contributed by atoms with van der Waals surface area (Å²) in [6.45, 7) is 22.1. The van der Waals surface area contributed by atoms with Crippen LogP contribution in [0, 0.1) is 17.3 Å². The van der Waals surface area contributed by atoms with E-state index in [9.17, 15) is 4.79 Å². The molecule has 1 amide bonds. The first-order chi connectivity index (χ1) is 18.5. The molecule has 2 fully saturated rings. The fourth-order valence-electron chi connectivity index (χ4n) is 6.80. The Hall–Kier alpha value is -1.83. The van der Waals surface area contributed by atoms with Crippen molar-refractivity contribution in [3.63, 3.8) is 0 Å². The summed E-state index contributed by atoms with van der Waals surface area (Å²) in [6.07, 6.45) is 4.83. The average molecular weight is 554 g/mol. The van der Waals surface area contributed by atoms with Gasteiger partial charge in [-0.05, 0) is 88.0 Å². The molecular weight excluding hydrogens is 502 g/mol. The number of rotatable bonds is 10. The largest absolute Gasteiger partial charge is 0.490 e. The molecule has 2 atom stereocenters. The molecule has 216 valence electrons. The molecule has 2 aliphatic heterocycles. The van der Waals surface area contributed by atoms with E-state index >= 15 is 0 Å². The van der Waals surface area contributed by atoms with Gasteiger partial charge in [0.15, 0.2) is 9.76 Å². The van der Waals surface area contributed by atoms with Crippen LogP contribution in [0.5, 0.6) is 5.75 Å². The standard InChI is InChI=1S/C32H51N3O3Si/c1-21(2)31(5,6)32(7,38-39-8)29-20-34(19-23-9-10-23)30(36)28-18-24-17-26(11-12-27(24)35(28)29)37-25-13-15-33(16-14-25)22(3)4/h11-12,17-18,21-23,25,29H,9-10,13-16,19-20,39H2,1-8H3/t29-,32?/m0/s1. The number of nitrogens with zero attached hydrogens (tertiary/aromatic N) is 3. The summed E-state index contributed by atoms with van der Waals surface area (Å²) in [5.74, 6) is 2.16. The van der Waals surface area contributed by atoms with Gasteiger partial charge < -0.3 is 23.5 Å². The number of carbonyl (C=O) groups excluding carboxylic acids is 1. The van der Waals surface area contributed by atoms with E-state index in [0.717, 1.165) is 54.8 Å². The predicted octanol–water partition coefficient (Wildman–Crippen LogP) is 5.89. The summed E-state index contributed by atoms with van der Waals surface area (Å²) in [5, 5.41) is 1.09. The van der Waals surface area contributed by atoms with Gasteiger partial charge in [-0.15, -0.1) is 0 Å². The van der Waals surface area contributed by atoms with Crippen molar-refractivity contribution in [1.29, 1.82) is 0 Å². The van der Waals surface area contributed by atoms with Gasteiger partial charge in [-0.25, -0.2) is 0 Å². The molecule has 0 bridgehead atoms. The van der Waals surface area contributed by atoms with E-state index in [-0.39, 0.29) is 23.5 Å². The zero-order valence-corrected chi connectivity index (χ0v) is 27.0. The second-order valence-electron chi connectivity index (χ2n) is 13.7. The molecule has 0 spiro atoms. The van der Waals surface area contributed by atoms with E-state index in [4.69, 9.17) is 9.16 Å². The molecule has 1 aliphatic carbocycles. The number of aromatic nitrogens is 1. The average Bonchev–Trinajstić information content (AvgIpc) is 3.63. The lowest BCUT2D eigenvalue weighted by molar-refractivity contribution is -0.0976. The Kier molecular flexibility index (Phi) is 7.99. The molecule has 0 radical (unpaired) electrons. The summed E-state index contributed by atoms with van der Waals surface area (Å²) in [5.41, 5.74) is 1.44. The van der Waals surface area contributed by atoms with Gasteiger partial charge in [-0.1, -0.05) is 34.2 Å². The molecule has 1 unspecified atom stereocenters. The Bertz CT molecular complexity index is 1180. The molecule has 1 saturated heterocycles. The number of hydrogen-bond acceptors (Lipinski definition) is 4. The number of amides is 1. The maximum absolute atomic E-state index is 13.9. The minimum Gasteiger partial charge on any atom is -0.490 e. The van der Waals surface area contributed by atoms with E-state index in [1.165, 1.54) is 12.8 Å². The van der Waals surface area contributed by atoms with E-state index in [2.05, 4.69) is 93.6 Å². The number of ether oxygens (including phenoxy) is 1. The molecule has 1 aromatic heterocycles. The van der Waals surface area contributed by atoms with E-state index in [0.29, 0.717) is 24.4 Å². The van der Waals surface area contributed by atoms with Crippen molar-refractivity contribution in [2.24, 2.45) is 17.3 Å². The van der Waals surface area contributed by atoms with Gasteiger partial charge in [-0.3, -0.25) is 4.79 Å². The summed E-state index contributed by atoms with van der Waals surface area (Å²) in [4.78, 5) is 18.5. The third kappa shape index (κ3) is 5.31. The maximum Gasteiger partial charge on any atom is 0.270 e. The highest BCUT2D eigenvalue weighted by molar-refractivity contribution is 6.25. The number of fused-ring (bicyclic) bond motifs is 3. The van der Waals surface area contributed by atoms with Gasteiger partial charge in [0.25, 0.3) is 5.91 Å². The topological polar surface area (TPSA) is 46.9 Å². The second kappa shape index (κ2) is 10.9. The minimum absolute atomic E-state index is 0.0541. The molecule has 2 aromatic rings. The molecule has 3 heterocycles. The van der Waals surface area contributed by atoms with E-state index in [1.54, 1.807) is 0 Å². The number of piperidine rings is 1. The molecular formula is C32H51N3O3Si. The molecule has 5 rings (SSSR count). The molecule has 7 heteroatoms. The fourth-order valence-corrected chi connectivity index (χ4v) is 7.96. The van der Waals surface area contributed by atoms with Gasteiger partial charge in [0.05, 0.1) is 11.6 Å². The van der Waals surface area contributed by atoms with Crippen LogP contribution in [-0.2, 0) is 4.43 Å². The van der Waals surface area contributed by atoms with Crippen LogP contribution in [0.1, 0.15) is 90.7 Å². The van der Waals surface area contributed by atoms with Crippen molar-refractivity contribution >= 4 is 26.6 Å². The first-order valence-corrected chi connectivity index (χ1v) is 17.4. The van der Waals surface area contributed by atoms with Gasteiger partial charge in [0, 0.05) is 43.1 Å². The number of benzene rings is 1. The van der Waals surface area contributed by atoms with Crippen LogP contribution in [0.15, 0.2) is 24.3 Å². The molecule has 3 aliphatic rings. The Morgan fingerprint density at radius 3 is 2.31 bits per heavy atom. The normalized spacial score (nSPS) is 23.4. The third-order valence-electron chi connectivity index (χ3n) is 10.5. The second-order valence-corrected chi connectivity index (χ2v) is 14.5. The smallest absolute Gasteiger partial charge is 0.270 e. The summed E-state index contributed by atoms with van der Waals surface area (Å²) in [7, 11) is -0.693. The third-order valence-corrected chi connectivity index (χ3v) is 11.4. The fraction of sp³-hybridized carbons (Fsp3) is 0.719. The zero-order chi connectivity index (χ0) is 28.1. The van der Waals surface area contributed by atoms with Crippen LogP contribution in [0.2, 0.25) is 6.55 Å². The lowest BCUT2D eigenvalue weighted by Crippen LogP contribution is -2.59. The Balaban J connectivity index is 1.52. The van der Waals surface area contributed by atoms with Crippen molar-refractivity contribution in [1.82, 2.24) is 14.4 Å². The summed E-state index contributed by atoms with van der Waals surface area (Å²) < 4.78 is 15.7. The van der Waals surface area contributed by atoms with Crippen LogP contribution in [0.3, 0.4) is 0 Å². The monoisotopic (exact) mass is 553 g/mol. The van der Waals surface area contributed by atoms with Gasteiger partial charge in [0.1, 0.15) is 17.5 Å². The van der Waals surface area contributed by atoms with Crippen molar-refractivity contribution in [3.05, 3.63) is 30.0 Å². The van der Waals surface area contributed by atoms with Gasteiger partial charge in [0.2, 0.25) is 0 Å². The molecule has 39 heavy (non-hydrogen) atoms. The van der Waals surface area contributed by atoms with Crippen molar-refractivity contribution in [3.8, 4) is 5.75 Å². The van der Waals surface area contributed by atoms with Crippen LogP contribution >= 0.6 is 0 Å². The Morgan fingerprint density at radius 2 is 1.72 bits per heavy atom. The Morgan fingerprint density at radius 1 is 1.03 bits per heavy atom. The Labute approximate surface area is 238 Å². The SMILES string of the molecule is C[SiH2]OC(C)([C@@H]1CN(CC2CC2)C(=O)c2cc3cc(OC4CCN(C(C)C)CC4)ccc3n21)C(C)(C)C(C)C. The predicted molar refractivity (Wildman–Crippen MR) is 162 cm³/mol. The van der Waals surface area contributed by atoms with E-state index < -0.39 is 15.4 Å². The van der Waals surface area contributed by atoms with Crippen LogP contribution in [0.25, 0.3) is 10.9 Å². The summed E-state index contributed by atoms with van der Waals surface area (Å²) >= 11 is 0. The first-order valence-electron chi connectivity index (χ1n) is 15.4. The van der Waals surface area contributed by atoms with Crippen LogP contribution in [-0.4, -0.2) is 74.0 Å². The number of hydrogen-bond donors (Lipinski definition) is 0. The highest BCUT2D eigenvalue weighted by Gasteiger charge is 2.53. The molecule has 1 aromatic carbocycles. The number of carbonyl (C=O) groups is 1. The lowest BCUT2D eigenvalue weighted by atomic mass is 9.65. The molecule has 0 N–H and O–H groups in total. The van der Waals surface area contributed by atoms with Crippen LogP contribution in [0.4, 0.5) is 0 Å². The van der Waals surface area contributed by atoms with E-state index in [1.807, 2.05) is 0 Å². The lowest BCUT2D eigenvalue weighted by Gasteiger charge is -2.54. The minimum atomic E-state index is -0.693. The highest BCUT2D eigenvalue weighted by atomic mass is 28.2. The zero-order valence-electron chi connectivity index (χ0n) is 25.6. The molecule has 1 saturated carbocycles. The van der Waals surface area contributed by atoms with Gasteiger partial charge in [-0.2, -0.15) is 0 Å². The van der Waals surface area contributed by atoms with Crippen molar-refractivity contribution in [2.75, 3.05) is 26.2 Å². The summed E-state index contributed by atoms with van der Waals surface area (Å²) in [6, 6.07) is 9.21. The highest BCUT2D eigenvalue weighted by Crippen LogP contribution is 2.50. The van der Waals surface area contributed by atoms with Crippen LogP contribution < -0.4 is 4.74 Å². The van der Waals surface area contributed by atoms with Gasteiger partial charge >= 0.3 is 0 Å². The van der Waals surface area contributed by atoms with Crippen molar-refractivity contribution < 1.29 is 14.0 Å².